The number of carbonyl (C=O) groups is 1. The Labute approximate surface area is 136 Å². The van der Waals surface area contributed by atoms with E-state index in [0.717, 1.165) is 24.0 Å². The van der Waals surface area contributed by atoms with Gasteiger partial charge in [0.1, 0.15) is 5.82 Å². The Morgan fingerprint density at radius 3 is 2.67 bits per heavy atom. The summed E-state index contributed by atoms with van der Waals surface area (Å²) in [5.74, 6) is -0.240. The quantitative estimate of drug-likeness (QED) is 0.656. The highest BCUT2D eigenvalue weighted by Gasteiger charge is 2.08. The van der Waals surface area contributed by atoms with Crippen LogP contribution in [0.5, 0.6) is 0 Å². The summed E-state index contributed by atoms with van der Waals surface area (Å²) in [5, 5.41) is 2.07. The first-order chi connectivity index (χ1) is 10.0. The van der Waals surface area contributed by atoms with Crippen molar-refractivity contribution in [2.75, 3.05) is 13.6 Å². The summed E-state index contributed by atoms with van der Waals surface area (Å²) in [6.07, 6.45) is 1.30. The van der Waals surface area contributed by atoms with Crippen molar-refractivity contribution in [3.05, 3.63) is 56.4 Å². The zero-order chi connectivity index (χ0) is 15.2. The Morgan fingerprint density at radius 1 is 1.33 bits per heavy atom. The molecule has 21 heavy (non-hydrogen) atoms. The van der Waals surface area contributed by atoms with Crippen LogP contribution >= 0.6 is 27.3 Å². The zero-order valence-corrected chi connectivity index (χ0v) is 14.2. The molecule has 0 fully saturated rings. The summed E-state index contributed by atoms with van der Waals surface area (Å²) < 4.78 is 13.9. The molecule has 0 unspecified atom stereocenters. The average Bonchev–Trinajstić information content (AvgIpc) is 2.84. The van der Waals surface area contributed by atoms with Crippen LogP contribution in [0, 0.1) is 5.82 Å². The van der Waals surface area contributed by atoms with Crippen LogP contribution in [-0.4, -0.2) is 24.3 Å². The molecule has 2 nitrogen and oxygen atoms in total. The van der Waals surface area contributed by atoms with E-state index in [9.17, 15) is 9.18 Å². The van der Waals surface area contributed by atoms with Crippen molar-refractivity contribution in [3.8, 4) is 0 Å². The second-order valence-electron chi connectivity index (χ2n) is 5.00. The Bertz CT molecular complexity index is 597. The number of benzene rings is 1. The minimum Gasteiger partial charge on any atom is -0.301 e. The van der Waals surface area contributed by atoms with Crippen LogP contribution in [0.2, 0.25) is 0 Å². The first-order valence-corrected chi connectivity index (χ1v) is 8.42. The van der Waals surface area contributed by atoms with Crippen LogP contribution in [0.1, 0.15) is 28.1 Å². The number of hydrogen-bond acceptors (Lipinski definition) is 3. The number of nitrogens with zero attached hydrogens (tertiary/aromatic N) is 1. The highest BCUT2D eigenvalue weighted by molar-refractivity contribution is 9.10. The van der Waals surface area contributed by atoms with Gasteiger partial charge in [-0.3, -0.25) is 4.79 Å². The van der Waals surface area contributed by atoms with Crippen molar-refractivity contribution in [2.24, 2.45) is 0 Å². The van der Waals surface area contributed by atoms with Gasteiger partial charge in [-0.1, -0.05) is 0 Å². The van der Waals surface area contributed by atoms with Crippen molar-refractivity contribution in [3.63, 3.8) is 0 Å². The third-order valence-corrected chi connectivity index (χ3v) is 4.84. The molecule has 0 aliphatic carbocycles. The van der Waals surface area contributed by atoms with E-state index in [-0.39, 0.29) is 11.6 Å². The van der Waals surface area contributed by atoms with Gasteiger partial charge in [-0.25, -0.2) is 4.39 Å². The maximum atomic E-state index is 12.8. The van der Waals surface area contributed by atoms with E-state index < -0.39 is 0 Å². The fourth-order valence-electron chi connectivity index (χ4n) is 2.07. The summed E-state index contributed by atoms with van der Waals surface area (Å²) in [6, 6.07) is 7.86. The highest BCUT2D eigenvalue weighted by atomic mass is 79.9. The maximum Gasteiger partial charge on any atom is 0.162 e. The van der Waals surface area contributed by atoms with Gasteiger partial charge in [0.15, 0.2) is 5.78 Å². The Kier molecular flexibility index (Phi) is 6.08. The summed E-state index contributed by atoms with van der Waals surface area (Å²) in [6.45, 7) is 1.75. The van der Waals surface area contributed by atoms with Crippen LogP contribution in [0.25, 0.3) is 0 Å². The predicted molar refractivity (Wildman–Crippen MR) is 88.3 cm³/mol. The smallest absolute Gasteiger partial charge is 0.162 e. The van der Waals surface area contributed by atoms with Gasteiger partial charge < -0.3 is 4.90 Å². The summed E-state index contributed by atoms with van der Waals surface area (Å²) in [5.41, 5.74) is 0.584. The summed E-state index contributed by atoms with van der Waals surface area (Å²) in [7, 11) is 2.05. The van der Waals surface area contributed by atoms with Gasteiger partial charge in [-0.15, -0.1) is 11.3 Å². The molecular formula is C16H17BrFNOS. The number of hydrogen-bond donors (Lipinski definition) is 0. The maximum absolute atomic E-state index is 12.8. The van der Waals surface area contributed by atoms with Crippen LogP contribution in [0.4, 0.5) is 4.39 Å². The number of ketones is 1. The molecule has 0 bridgehead atoms. The third kappa shape index (κ3) is 5.34. The lowest BCUT2D eigenvalue weighted by Gasteiger charge is -2.15. The molecule has 5 heteroatoms. The Morgan fingerprint density at radius 2 is 2.05 bits per heavy atom. The van der Waals surface area contributed by atoms with Crippen LogP contribution < -0.4 is 0 Å². The molecule has 2 rings (SSSR count). The third-order valence-electron chi connectivity index (χ3n) is 3.16. The molecule has 0 saturated carbocycles. The van der Waals surface area contributed by atoms with Crippen molar-refractivity contribution in [1.82, 2.24) is 4.90 Å². The largest absolute Gasteiger partial charge is 0.301 e. The second kappa shape index (κ2) is 7.82. The van der Waals surface area contributed by atoms with E-state index in [4.69, 9.17) is 0 Å². The first kappa shape index (κ1) is 16.3. The molecule has 0 N–H and O–H groups in total. The lowest BCUT2D eigenvalue weighted by Crippen LogP contribution is -2.19. The molecule has 112 valence electrons. The molecule has 0 aliphatic heterocycles. The normalized spacial score (nSPS) is 11.0. The lowest BCUT2D eigenvalue weighted by atomic mass is 10.1. The van der Waals surface area contributed by atoms with E-state index in [1.54, 1.807) is 23.5 Å². The Balaban J connectivity index is 1.73. The number of carbonyl (C=O) groups excluding carboxylic acids is 1. The first-order valence-electron chi connectivity index (χ1n) is 6.75. The number of rotatable bonds is 7. The predicted octanol–water partition coefficient (Wildman–Crippen LogP) is 4.74. The fraction of sp³-hybridized carbons (Fsp3) is 0.312. The second-order valence-corrected chi connectivity index (χ2v) is 6.91. The molecule has 1 aromatic heterocycles. The molecule has 0 saturated heterocycles. The van der Waals surface area contributed by atoms with E-state index in [2.05, 4.69) is 39.3 Å². The molecule has 0 spiro atoms. The van der Waals surface area contributed by atoms with E-state index in [0.29, 0.717) is 12.0 Å². The molecule has 0 amide bonds. The molecule has 0 radical (unpaired) electrons. The molecule has 0 atom stereocenters. The highest BCUT2D eigenvalue weighted by Crippen LogP contribution is 2.20. The molecule has 1 aromatic carbocycles. The molecule has 0 aliphatic rings. The van der Waals surface area contributed by atoms with Gasteiger partial charge in [0.2, 0.25) is 0 Å². The van der Waals surface area contributed by atoms with Gasteiger partial charge in [0, 0.05) is 33.3 Å². The fourth-order valence-corrected chi connectivity index (χ4v) is 3.60. The van der Waals surface area contributed by atoms with Gasteiger partial charge >= 0.3 is 0 Å². The molecule has 2 aromatic rings. The van der Waals surface area contributed by atoms with Crippen LogP contribution in [0.3, 0.4) is 0 Å². The van der Waals surface area contributed by atoms with Crippen LogP contribution in [0.15, 0.2) is 40.2 Å². The van der Waals surface area contributed by atoms with E-state index in [1.807, 2.05) is 0 Å². The zero-order valence-electron chi connectivity index (χ0n) is 11.8. The number of thiophene rings is 1. The van der Waals surface area contributed by atoms with Gasteiger partial charge in [-0.05, 0) is 66.3 Å². The topological polar surface area (TPSA) is 20.3 Å². The minimum absolute atomic E-state index is 0.0715. The van der Waals surface area contributed by atoms with Gasteiger partial charge in [-0.2, -0.15) is 0 Å². The number of halogens is 2. The monoisotopic (exact) mass is 369 g/mol. The number of Topliss-reactive ketones (excluding diaryl/α,β-unsaturated/α-hetero) is 1. The SMILES string of the molecule is CN(CCCC(=O)c1ccc(F)cc1)Cc1cc(Br)cs1. The van der Waals surface area contributed by atoms with Gasteiger partial charge in [0.25, 0.3) is 0 Å². The standard InChI is InChI=1S/C16H17BrFNOS/c1-19(10-15-9-13(17)11-21-15)8-2-3-16(20)12-4-6-14(18)7-5-12/h4-7,9,11H,2-3,8,10H2,1H3. The molecule has 1 heterocycles. The van der Waals surface area contributed by atoms with Gasteiger partial charge in [0.05, 0.1) is 0 Å². The average molecular weight is 370 g/mol. The summed E-state index contributed by atoms with van der Waals surface area (Å²) in [4.78, 5) is 15.5. The summed E-state index contributed by atoms with van der Waals surface area (Å²) >= 11 is 5.17. The Hall–Kier alpha value is -1.04. The minimum atomic E-state index is -0.312. The van der Waals surface area contributed by atoms with Crippen LogP contribution in [-0.2, 0) is 6.54 Å². The van der Waals surface area contributed by atoms with E-state index in [1.165, 1.54) is 17.0 Å². The van der Waals surface area contributed by atoms with Crippen molar-refractivity contribution >= 4 is 33.0 Å². The van der Waals surface area contributed by atoms with Crippen molar-refractivity contribution < 1.29 is 9.18 Å². The van der Waals surface area contributed by atoms with Crippen molar-refractivity contribution in [2.45, 2.75) is 19.4 Å². The van der Waals surface area contributed by atoms with Crippen molar-refractivity contribution in [1.29, 1.82) is 0 Å². The lowest BCUT2D eigenvalue weighted by molar-refractivity contribution is 0.0976. The molecular weight excluding hydrogens is 353 g/mol. The van der Waals surface area contributed by atoms with E-state index >= 15 is 0 Å².